The zero-order valence-electron chi connectivity index (χ0n) is 17.1. The first kappa shape index (κ1) is 22.9. The highest BCUT2D eigenvalue weighted by molar-refractivity contribution is 5.88. The number of ether oxygens (including phenoxy) is 1. The molecule has 0 fully saturated rings. The van der Waals surface area contributed by atoms with Crippen LogP contribution in [0.5, 0.6) is 0 Å². The van der Waals surface area contributed by atoms with Crippen molar-refractivity contribution < 1.29 is 24.2 Å². The average molecular weight is 409 g/mol. The highest BCUT2D eigenvalue weighted by atomic mass is 16.5. The lowest BCUT2D eigenvalue weighted by Crippen LogP contribution is -2.37. The molecule has 0 aliphatic heterocycles. The minimum absolute atomic E-state index is 0.120. The summed E-state index contributed by atoms with van der Waals surface area (Å²) in [5, 5.41) is 11.6. The minimum Gasteiger partial charge on any atom is -0.481 e. The molecule has 30 heavy (non-hydrogen) atoms. The maximum Gasteiger partial charge on any atom is 0.333 e. The fraction of sp³-hybridized carbons (Fsp3) is 0.292. The van der Waals surface area contributed by atoms with Gasteiger partial charge in [-0.2, -0.15) is 0 Å². The van der Waals surface area contributed by atoms with E-state index < -0.39 is 18.0 Å². The zero-order valence-corrected chi connectivity index (χ0v) is 17.1. The van der Waals surface area contributed by atoms with E-state index in [0.29, 0.717) is 6.42 Å². The van der Waals surface area contributed by atoms with E-state index >= 15 is 0 Å². The van der Waals surface area contributed by atoms with E-state index in [9.17, 15) is 14.4 Å². The van der Waals surface area contributed by atoms with Crippen molar-refractivity contribution in [3.63, 3.8) is 0 Å². The van der Waals surface area contributed by atoms with Crippen molar-refractivity contribution in [3.05, 3.63) is 72.3 Å². The Hall–Kier alpha value is -3.41. The van der Waals surface area contributed by atoms with E-state index in [1.807, 2.05) is 54.6 Å². The molecule has 0 spiro atoms. The smallest absolute Gasteiger partial charge is 0.333 e. The summed E-state index contributed by atoms with van der Waals surface area (Å²) in [5.41, 5.74) is 3.44. The van der Waals surface area contributed by atoms with Crippen LogP contribution in [0.4, 0.5) is 0 Å². The standard InChI is InChI=1S/C24H27NO5/c1-3-30-24(29)17(2)15-21(25-22(26)13-14-23(27)28)16-18-9-11-20(12-10-18)19-7-5-4-6-8-19/h4-12,21H,2-3,13-16H2,1H3,(H,25,26)(H,27,28)/t21-/m0/s1. The van der Waals surface area contributed by atoms with Gasteiger partial charge in [0.15, 0.2) is 0 Å². The molecule has 1 amide bonds. The number of hydrogen-bond donors (Lipinski definition) is 2. The summed E-state index contributed by atoms with van der Waals surface area (Å²) in [4.78, 5) is 34.8. The highest BCUT2D eigenvalue weighted by Gasteiger charge is 2.19. The number of carbonyl (C=O) groups is 3. The summed E-state index contributed by atoms with van der Waals surface area (Å²) in [5.74, 6) is -1.91. The molecule has 0 saturated heterocycles. The van der Waals surface area contributed by atoms with E-state index in [0.717, 1.165) is 16.7 Å². The number of carboxylic acids is 1. The first-order valence-electron chi connectivity index (χ1n) is 9.89. The SMILES string of the molecule is C=C(C[C@@H](Cc1ccc(-c2ccccc2)cc1)NC(=O)CCC(=O)O)C(=O)OCC. The van der Waals surface area contributed by atoms with Gasteiger partial charge < -0.3 is 15.2 Å². The van der Waals surface area contributed by atoms with Gasteiger partial charge in [-0.05, 0) is 36.5 Å². The van der Waals surface area contributed by atoms with Gasteiger partial charge in [0.05, 0.1) is 13.0 Å². The van der Waals surface area contributed by atoms with Crippen molar-refractivity contribution in [3.8, 4) is 11.1 Å². The summed E-state index contributed by atoms with van der Waals surface area (Å²) < 4.78 is 4.97. The molecule has 0 aromatic heterocycles. The van der Waals surface area contributed by atoms with Crippen LogP contribution in [0, 0.1) is 0 Å². The van der Waals surface area contributed by atoms with E-state index in [-0.39, 0.29) is 37.3 Å². The van der Waals surface area contributed by atoms with Gasteiger partial charge in [0.2, 0.25) is 5.91 Å². The Morgan fingerprint density at radius 3 is 2.23 bits per heavy atom. The largest absolute Gasteiger partial charge is 0.481 e. The maximum absolute atomic E-state index is 12.1. The third-order valence-corrected chi connectivity index (χ3v) is 4.53. The van der Waals surface area contributed by atoms with Crippen molar-refractivity contribution in [1.29, 1.82) is 0 Å². The summed E-state index contributed by atoms with van der Waals surface area (Å²) >= 11 is 0. The topological polar surface area (TPSA) is 92.7 Å². The van der Waals surface area contributed by atoms with Crippen LogP contribution in [0.15, 0.2) is 66.7 Å². The molecule has 158 valence electrons. The number of nitrogens with one attached hydrogen (secondary N) is 1. The number of hydrogen-bond acceptors (Lipinski definition) is 4. The quantitative estimate of drug-likeness (QED) is 0.435. The van der Waals surface area contributed by atoms with Gasteiger partial charge in [0.1, 0.15) is 0 Å². The molecule has 0 aliphatic rings. The lowest BCUT2D eigenvalue weighted by Gasteiger charge is -2.20. The van der Waals surface area contributed by atoms with Crippen LogP contribution in [-0.2, 0) is 25.5 Å². The predicted molar refractivity (Wildman–Crippen MR) is 115 cm³/mol. The summed E-state index contributed by atoms with van der Waals surface area (Å²) in [7, 11) is 0. The lowest BCUT2D eigenvalue weighted by molar-refractivity contribution is -0.139. The third-order valence-electron chi connectivity index (χ3n) is 4.53. The van der Waals surface area contributed by atoms with Gasteiger partial charge in [-0.1, -0.05) is 61.2 Å². The van der Waals surface area contributed by atoms with Gasteiger partial charge in [0.25, 0.3) is 0 Å². The second-order valence-electron chi connectivity index (χ2n) is 6.95. The minimum atomic E-state index is -1.03. The molecular weight excluding hydrogens is 382 g/mol. The van der Waals surface area contributed by atoms with E-state index in [1.54, 1.807) is 6.92 Å². The Balaban J connectivity index is 2.08. The summed E-state index contributed by atoms with van der Waals surface area (Å²) in [6.45, 7) is 5.73. The number of aliphatic carboxylic acids is 1. The molecule has 0 bridgehead atoms. The Labute approximate surface area is 176 Å². The fourth-order valence-corrected chi connectivity index (χ4v) is 3.06. The molecular formula is C24H27NO5. The molecule has 0 aliphatic carbocycles. The molecule has 0 radical (unpaired) electrons. The van der Waals surface area contributed by atoms with Crippen LogP contribution < -0.4 is 5.32 Å². The molecule has 2 N–H and O–H groups in total. The summed E-state index contributed by atoms with van der Waals surface area (Å²) in [6, 6.07) is 17.6. The Bertz CT molecular complexity index is 874. The van der Waals surface area contributed by atoms with Crippen LogP contribution >= 0.6 is 0 Å². The van der Waals surface area contributed by atoms with Crippen molar-refractivity contribution in [2.24, 2.45) is 0 Å². The third kappa shape index (κ3) is 7.54. The average Bonchev–Trinajstić information content (AvgIpc) is 2.73. The van der Waals surface area contributed by atoms with Crippen LogP contribution in [-0.4, -0.2) is 35.6 Å². The molecule has 6 heteroatoms. The van der Waals surface area contributed by atoms with Crippen LogP contribution in [0.2, 0.25) is 0 Å². The van der Waals surface area contributed by atoms with Crippen molar-refractivity contribution >= 4 is 17.8 Å². The molecule has 2 rings (SSSR count). The number of esters is 1. The van der Waals surface area contributed by atoms with Gasteiger partial charge in [-0.3, -0.25) is 9.59 Å². The van der Waals surface area contributed by atoms with Crippen LogP contribution in [0.1, 0.15) is 31.7 Å². The predicted octanol–water partition coefficient (Wildman–Crippen LogP) is 3.76. The van der Waals surface area contributed by atoms with Gasteiger partial charge in [-0.15, -0.1) is 0 Å². The van der Waals surface area contributed by atoms with Crippen LogP contribution in [0.25, 0.3) is 11.1 Å². The maximum atomic E-state index is 12.1. The second kappa shape index (κ2) is 11.6. The normalized spacial score (nSPS) is 11.4. The molecule has 0 saturated carbocycles. The Morgan fingerprint density at radius 2 is 1.63 bits per heavy atom. The van der Waals surface area contributed by atoms with Crippen molar-refractivity contribution in [2.45, 2.75) is 38.6 Å². The monoisotopic (exact) mass is 409 g/mol. The van der Waals surface area contributed by atoms with Crippen molar-refractivity contribution in [2.75, 3.05) is 6.61 Å². The van der Waals surface area contributed by atoms with E-state index in [4.69, 9.17) is 9.84 Å². The lowest BCUT2D eigenvalue weighted by atomic mass is 9.97. The molecule has 6 nitrogen and oxygen atoms in total. The second-order valence-corrected chi connectivity index (χ2v) is 6.95. The molecule has 2 aromatic rings. The number of carbonyl (C=O) groups excluding carboxylic acids is 2. The Morgan fingerprint density at radius 1 is 1.00 bits per heavy atom. The summed E-state index contributed by atoms with van der Waals surface area (Å²) in [6.07, 6.45) is 0.332. The van der Waals surface area contributed by atoms with E-state index in [1.165, 1.54) is 0 Å². The molecule has 0 unspecified atom stereocenters. The van der Waals surface area contributed by atoms with E-state index in [2.05, 4.69) is 11.9 Å². The number of benzene rings is 2. The molecule has 0 heterocycles. The highest BCUT2D eigenvalue weighted by Crippen LogP contribution is 2.20. The van der Waals surface area contributed by atoms with Crippen LogP contribution in [0.3, 0.4) is 0 Å². The first-order valence-corrected chi connectivity index (χ1v) is 9.89. The van der Waals surface area contributed by atoms with Gasteiger partial charge in [0, 0.05) is 18.0 Å². The van der Waals surface area contributed by atoms with Gasteiger partial charge in [-0.25, -0.2) is 4.79 Å². The van der Waals surface area contributed by atoms with Crippen molar-refractivity contribution in [1.82, 2.24) is 5.32 Å². The molecule has 2 aromatic carbocycles. The first-order chi connectivity index (χ1) is 14.4. The van der Waals surface area contributed by atoms with Gasteiger partial charge >= 0.3 is 11.9 Å². The number of carboxylic acid groups (broad SMARTS) is 1. The number of amides is 1. The fourth-order valence-electron chi connectivity index (χ4n) is 3.06. The zero-order chi connectivity index (χ0) is 21.9. The number of rotatable bonds is 11. The Kier molecular flexibility index (Phi) is 8.81. The molecule has 1 atom stereocenters.